The van der Waals surface area contributed by atoms with E-state index in [1.165, 1.54) is 33.4 Å². The van der Waals surface area contributed by atoms with Crippen molar-refractivity contribution in [3.63, 3.8) is 0 Å². The molecule has 0 nitrogen and oxygen atoms in total. The second-order valence-corrected chi connectivity index (χ2v) is 7.05. The van der Waals surface area contributed by atoms with Crippen LogP contribution in [-0.4, -0.2) is 0 Å². The molecule has 0 N–H and O–H groups in total. The van der Waals surface area contributed by atoms with Gasteiger partial charge in [0.1, 0.15) is 0 Å². The molecule has 4 aromatic carbocycles. The highest BCUT2D eigenvalue weighted by molar-refractivity contribution is 6.02. The summed E-state index contributed by atoms with van der Waals surface area (Å²) < 4.78 is 0. The van der Waals surface area contributed by atoms with Crippen LogP contribution in [0.5, 0.6) is 0 Å². The minimum absolute atomic E-state index is 1.19. The van der Waals surface area contributed by atoms with Crippen molar-refractivity contribution < 1.29 is 0 Å². The molecule has 0 heteroatoms. The maximum Gasteiger partial charge on any atom is -0.0105 e. The monoisotopic (exact) mass is 384 g/mol. The van der Waals surface area contributed by atoms with Gasteiger partial charge < -0.3 is 0 Å². The van der Waals surface area contributed by atoms with Crippen molar-refractivity contribution in [2.24, 2.45) is 0 Å². The van der Waals surface area contributed by atoms with Crippen LogP contribution in [0.4, 0.5) is 0 Å². The third kappa shape index (κ3) is 5.12. The molecular weight excluding hydrogens is 360 g/mol. The maximum absolute atomic E-state index is 2.22. The lowest BCUT2D eigenvalue weighted by Gasteiger charge is -2.11. The highest BCUT2D eigenvalue weighted by atomic mass is 14.1. The third-order valence-electron chi connectivity index (χ3n) is 4.94. The van der Waals surface area contributed by atoms with Gasteiger partial charge in [-0.25, -0.2) is 0 Å². The van der Waals surface area contributed by atoms with Crippen molar-refractivity contribution in [3.8, 4) is 0 Å². The fourth-order valence-corrected chi connectivity index (χ4v) is 3.41. The molecule has 4 rings (SSSR count). The molecule has 0 aromatic heterocycles. The van der Waals surface area contributed by atoms with Crippen molar-refractivity contribution in [1.82, 2.24) is 0 Å². The lowest BCUT2D eigenvalue weighted by Crippen LogP contribution is -1.89. The molecule has 0 unspecified atom stereocenters. The van der Waals surface area contributed by atoms with Gasteiger partial charge in [0.05, 0.1) is 0 Å². The van der Waals surface area contributed by atoms with E-state index < -0.39 is 0 Å². The summed E-state index contributed by atoms with van der Waals surface area (Å²) in [4.78, 5) is 0. The summed E-state index contributed by atoms with van der Waals surface area (Å²) in [5, 5.41) is 0. The van der Waals surface area contributed by atoms with E-state index in [9.17, 15) is 0 Å². The first-order valence-corrected chi connectivity index (χ1v) is 10.2. The molecule has 0 spiro atoms. The van der Waals surface area contributed by atoms with E-state index in [2.05, 4.69) is 133 Å². The first-order chi connectivity index (χ1) is 14.9. The zero-order valence-corrected chi connectivity index (χ0v) is 16.9. The predicted molar refractivity (Wildman–Crippen MR) is 131 cm³/mol. The van der Waals surface area contributed by atoms with Gasteiger partial charge in [-0.05, 0) is 33.4 Å². The van der Waals surface area contributed by atoms with Gasteiger partial charge in [-0.3, -0.25) is 0 Å². The zero-order chi connectivity index (χ0) is 20.4. The lowest BCUT2D eigenvalue weighted by atomic mass is 9.93. The molecular formula is C30H24. The molecule has 0 atom stereocenters. The highest BCUT2D eigenvalue weighted by Crippen LogP contribution is 2.30. The minimum Gasteiger partial charge on any atom is -0.0622 e. The number of hydrogen-bond donors (Lipinski definition) is 0. The third-order valence-corrected chi connectivity index (χ3v) is 4.94. The van der Waals surface area contributed by atoms with Crippen molar-refractivity contribution >= 4 is 23.3 Å². The van der Waals surface area contributed by atoms with Crippen LogP contribution in [-0.2, 0) is 0 Å². The Hall–Kier alpha value is -3.90. The Morgan fingerprint density at radius 3 is 1.00 bits per heavy atom. The molecule has 0 heterocycles. The van der Waals surface area contributed by atoms with Gasteiger partial charge in [-0.2, -0.15) is 0 Å². The summed E-state index contributed by atoms with van der Waals surface area (Å²) in [6.45, 7) is 0. The minimum atomic E-state index is 1.19. The van der Waals surface area contributed by atoms with Crippen molar-refractivity contribution in [2.45, 2.75) is 0 Å². The SMILES string of the molecule is C(=Cc1ccccc1)/C(=C(\C=Cc1ccccc1)c1ccccc1)c1ccccc1. The Balaban J connectivity index is 1.88. The van der Waals surface area contributed by atoms with E-state index in [1.54, 1.807) is 0 Å². The summed E-state index contributed by atoms with van der Waals surface area (Å²) in [6.07, 6.45) is 8.81. The van der Waals surface area contributed by atoms with E-state index in [0.717, 1.165) is 0 Å². The van der Waals surface area contributed by atoms with Crippen molar-refractivity contribution in [3.05, 3.63) is 156 Å². The van der Waals surface area contributed by atoms with Gasteiger partial charge in [0.15, 0.2) is 0 Å². The largest absolute Gasteiger partial charge is 0.0622 e. The van der Waals surface area contributed by atoms with E-state index in [-0.39, 0.29) is 0 Å². The van der Waals surface area contributed by atoms with Crippen LogP contribution in [0, 0.1) is 0 Å². The summed E-state index contributed by atoms with van der Waals surface area (Å²) in [5.74, 6) is 0. The second kappa shape index (κ2) is 10.0. The summed E-state index contributed by atoms with van der Waals surface area (Å²) in [5.41, 5.74) is 7.15. The summed E-state index contributed by atoms with van der Waals surface area (Å²) >= 11 is 0. The molecule has 0 aliphatic heterocycles. The fraction of sp³-hybridized carbons (Fsp3) is 0. The molecule has 144 valence electrons. The Kier molecular flexibility index (Phi) is 6.50. The van der Waals surface area contributed by atoms with Crippen LogP contribution in [0.15, 0.2) is 133 Å². The van der Waals surface area contributed by atoms with E-state index >= 15 is 0 Å². The molecule has 0 amide bonds. The smallest absolute Gasteiger partial charge is 0.0105 e. The highest BCUT2D eigenvalue weighted by Gasteiger charge is 2.07. The molecule has 0 saturated heterocycles. The standard InChI is InChI=1S/C30H24/c1-5-13-25(14-6-1)21-23-29(27-17-9-3-10-18-27)30(28-19-11-4-12-20-28)24-22-26-15-7-2-8-16-26/h1-24H/b23-21?,24-22?,30-29-. The van der Waals surface area contributed by atoms with Crippen LogP contribution < -0.4 is 0 Å². The van der Waals surface area contributed by atoms with Crippen LogP contribution >= 0.6 is 0 Å². The average molecular weight is 385 g/mol. The van der Waals surface area contributed by atoms with E-state index in [4.69, 9.17) is 0 Å². The van der Waals surface area contributed by atoms with Gasteiger partial charge in [0.25, 0.3) is 0 Å². The van der Waals surface area contributed by atoms with Crippen LogP contribution in [0.25, 0.3) is 23.3 Å². The quantitative estimate of drug-likeness (QED) is 0.233. The van der Waals surface area contributed by atoms with Gasteiger partial charge in [0, 0.05) is 0 Å². The molecule has 4 aromatic rings. The van der Waals surface area contributed by atoms with Crippen LogP contribution in [0.1, 0.15) is 22.3 Å². The van der Waals surface area contributed by atoms with E-state index in [1.807, 2.05) is 12.1 Å². The maximum atomic E-state index is 2.22. The van der Waals surface area contributed by atoms with E-state index in [0.29, 0.717) is 0 Å². The van der Waals surface area contributed by atoms with Gasteiger partial charge in [0.2, 0.25) is 0 Å². The molecule has 30 heavy (non-hydrogen) atoms. The second-order valence-electron chi connectivity index (χ2n) is 7.05. The molecule has 0 fully saturated rings. The number of allylic oxidation sites excluding steroid dienone is 4. The lowest BCUT2D eigenvalue weighted by molar-refractivity contribution is 1.58. The summed E-state index contributed by atoms with van der Waals surface area (Å²) in [6, 6.07) is 42.0. The first-order valence-electron chi connectivity index (χ1n) is 10.2. The Bertz CT molecular complexity index is 1040. The zero-order valence-electron chi connectivity index (χ0n) is 16.9. The molecule has 0 aliphatic rings. The number of benzene rings is 4. The van der Waals surface area contributed by atoms with Crippen LogP contribution in [0.3, 0.4) is 0 Å². The Morgan fingerprint density at radius 2 is 0.667 bits per heavy atom. The Morgan fingerprint density at radius 1 is 0.367 bits per heavy atom. The fourth-order valence-electron chi connectivity index (χ4n) is 3.41. The van der Waals surface area contributed by atoms with Gasteiger partial charge >= 0.3 is 0 Å². The topological polar surface area (TPSA) is 0 Å². The molecule has 0 bridgehead atoms. The number of rotatable bonds is 6. The van der Waals surface area contributed by atoms with Crippen molar-refractivity contribution in [1.29, 1.82) is 0 Å². The van der Waals surface area contributed by atoms with Gasteiger partial charge in [-0.1, -0.05) is 146 Å². The number of hydrogen-bond acceptors (Lipinski definition) is 0. The van der Waals surface area contributed by atoms with Gasteiger partial charge in [-0.15, -0.1) is 0 Å². The molecule has 0 radical (unpaired) electrons. The van der Waals surface area contributed by atoms with Crippen molar-refractivity contribution in [2.75, 3.05) is 0 Å². The summed E-state index contributed by atoms with van der Waals surface area (Å²) in [7, 11) is 0. The van der Waals surface area contributed by atoms with Crippen LogP contribution in [0.2, 0.25) is 0 Å². The normalized spacial score (nSPS) is 12.3. The Labute approximate surface area is 179 Å². The predicted octanol–water partition coefficient (Wildman–Crippen LogP) is 8.02. The molecule has 0 saturated carbocycles. The first kappa shape index (κ1) is 19.4. The average Bonchev–Trinajstić information content (AvgIpc) is 2.83. The molecule has 0 aliphatic carbocycles.